The van der Waals surface area contributed by atoms with Gasteiger partial charge in [0.15, 0.2) is 5.96 Å². The molecule has 0 saturated heterocycles. The highest BCUT2D eigenvalue weighted by Crippen LogP contribution is 2.27. The van der Waals surface area contributed by atoms with E-state index < -0.39 is 11.9 Å². The summed E-state index contributed by atoms with van der Waals surface area (Å²) in [6.07, 6.45) is -3.44. The zero-order valence-corrected chi connectivity index (χ0v) is 19.5. The lowest BCUT2D eigenvalue weighted by molar-refractivity contribution is -0.141. The third kappa shape index (κ3) is 9.89. The van der Waals surface area contributed by atoms with Crippen LogP contribution in [0.4, 0.5) is 19.1 Å². The fourth-order valence-electron chi connectivity index (χ4n) is 2.29. The Kier molecular flexibility index (Phi) is 11.7. The number of nitrogens with one attached hydrogen (secondary N) is 3. The van der Waals surface area contributed by atoms with Crippen molar-refractivity contribution in [1.29, 1.82) is 0 Å². The normalized spacial score (nSPS) is 11.3. The number of nitrogens with zero attached hydrogens (tertiary/aromatic N) is 3. The maximum atomic E-state index is 12.7. The van der Waals surface area contributed by atoms with Crippen LogP contribution < -0.4 is 25.4 Å². The van der Waals surface area contributed by atoms with Gasteiger partial charge in [0, 0.05) is 19.3 Å². The highest BCUT2D eigenvalue weighted by molar-refractivity contribution is 14.0. The van der Waals surface area contributed by atoms with E-state index in [9.17, 15) is 13.2 Å². The van der Waals surface area contributed by atoms with Crippen molar-refractivity contribution in [2.24, 2.45) is 4.99 Å². The number of hydrogen-bond donors (Lipinski definition) is 3. The van der Waals surface area contributed by atoms with Gasteiger partial charge in [0.1, 0.15) is 23.8 Å². The first kappa shape index (κ1) is 26.5. The fourth-order valence-corrected chi connectivity index (χ4v) is 2.29. The molecule has 0 spiro atoms. The third-order valence-corrected chi connectivity index (χ3v) is 3.68. The van der Waals surface area contributed by atoms with Crippen molar-refractivity contribution < 1.29 is 22.6 Å². The number of benzene rings is 1. The Labute approximate surface area is 196 Å². The monoisotopic (exact) mass is 554 g/mol. The number of halogens is 4. The lowest BCUT2D eigenvalue weighted by Gasteiger charge is -2.12. The average Bonchev–Trinajstić information content (AvgIpc) is 2.74. The maximum Gasteiger partial charge on any atom is 0.433 e. The predicted octanol–water partition coefficient (Wildman–Crippen LogP) is 3.17. The molecule has 1 heterocycles. The van der Waals surface area contributed by atoms with E-state index in [0.29, 0.717) is 32.2 Å². The number of guanidine groups is 1. The molecule has 0 bridgehead atoms. The summed E-state index contributed by atoms with van der Waals surface area (Å²) in [7, 11) is 1.60. The number of rotatable bonds is 10. The first-order chi connectivity index (χ1) is 14.4. The molecule has 1 aromatic heterocycles. The summed E-state index contributed by atoms with van der Waals surface area (Å²) >= 11 is 0. The molecule has 0 radical (unpaired) electrons. The average molecular weight is 554 g/mol. The molecule has 0 aliphatic heterocycles. The molecule has 0 aliphatic rings. The van der Waals surface area contributed by atoms with E-state index >= 15 is 0 Å². The number of anilines is 1. The van der Waals surface area contributed by atoms with Crippen LogP contribution in [-0.2, 0) is 6.18 Å². The van der Waals surface area contributed by atoms with Crippen LogP contribution in [0, 0.1) is 0 Å². The van der Waals surface area contributed by atoms with Crippen LogP contribution in [0.25, 0.3) is 0 Å². The minimum Gasteiger partial charge on any atom is -0.497 e. The van der Waals surface area contributed by atoms with E-state index in [2.05, 4.69) is 30.9 Å². The first-order valence-corrected chi connectivity index (χ1v) is 9.35. The van der Waals surface area contributed by atoms with E-state index in [0.717, 1.165) is 23.8 Å². The number of aliphatic imine (C=N–C) groups is 1. The Morgan fingerprint density at radius 1 is 1.06 bits per heavy atom. The molecule has 0 atom stereocenters. The molecular weight excluding hydrogens is 528 g/mol. The molecular formula is C19H26F3IN6O2. The van der Waals surface area contributed by atoms with Gasteiger partial charge in [-0.15, -0.1) is 24.0 Å². The maximum absolute atomic E-state index is 12.7. The zero-order valence-electron chi connectivity index (χ0n) is 17.2. The van der Waals surface area contributed by atoms with E-state index in [1.54, 1.807) is 7.11 Å². The molecule has 172 valence electrons. The van der Waals surface area contributed by atoms with Gasteiger partial charge in [-0.1, -0.05) is 0 Å². The quantitative estimate of drug-likeness (QED) is 0.180. The molecule has 3 N–H and O–H groups in total. The van der Waals surface area contributed by atoms with Crippen LogP contribution in [0.3, 0.4) is 0 Å². The van der Waals surface area contributed by atoms with Gasteiger partial charge in [-0.2, -0.15) is 13.2 Å². The minimum atomic E-state index is -4.51. The van der Waals surface area contributed by atoms with Crippen LogP contribution in [0.15, 0.2) is 41.5 Å². The number of alkyl halides is 3. The molecule has 8 nitrogen and oxygen atoms in total. The Morgan fingerprint density at radius 2 is 1.77 bits per heavy atom. The third-order valence-electron chi connectivity index (χ3n) is 3.68. The summed E-state index contributed by atoms with van der Waals surface area (Å²) in [5.41, 5.74) is -0.990. The summed E-state index contributed by atoms with van der Waals surface area (Å²) in [5.74, 6) is 1.96. The number of methoxy groups -OCH3 is 1. The molecule has 0 aliphatic carbocycles. The Morgan fingerprint density at radius 3 is 2.42 bits per heavy atom. The van der Waals surface area contributed by atoms with Gasteiger partial charge < -0.3 is 25.4 Å². The van der Waals surface area contributed by atoms with Crippen molar-refractivity contribution >= 4 is 35.9 Å². The van der Waals surface area contributed by atoms with Gasteiger partial charge >= 0.3 is 6.18 Å². The topological polar surface area (TPSA) is 92.7 Å². The number of aromatic nitrogens is 2. The Hall–Kier alpha value is -2.51. The lowest BCUT2D eigenvalue weighted by atomic mass is 10.3. The number of ether oxygens (including phenoxy) is 2. The summed E-state index contributed by atoms with van der Waals surface area (Å²) in [6.45, 7) is 4.12. The van der Waals surface area contributed by atoms with Crippen LogP contribution in [0.1, 0.15) is 12.6 Å². The Balaban J connectivity index is 0.00000480. The largest absolute Gasteiger partial charge is 0.497 e. The van der Waals surface area contributed by atoms with Crippen LogP contribution >= 0.6 is 24.0 Å². The molecule has 31 heavy (non-hydrogen) atoms. The highest BCUT2D eigenvalue weighted by atomic mass is 127. The van der Waals surface area contributed by atoms with Crippen molar-refractivity contribution in [3.63, 3.8) is 0 Å². The van der Waals surface area contributed by atoms with E-state index in [4.69, 9.17) is 9.47 Å². The second-order valence-electron chi connectivity index (χ2n) is 5.90. The molecule has 0 unspecified atom stereocenters. The van der Waals surface area contributed by atoms with Crippen molar-refractivity contribution in [3.8, 4) is 11.5 Å². The first-order valence-electron chi connectivity index (χ1n) is 9.35. The summed E-state index contributed by atoms with van der Waals surface area (Å²) in [5, 5.41) is 8.94. The second-order valence-corrected chi connectivity index (χ2v) is 5.90. The van der Waals surface area contributed by atoms with Gasteiger partial charge in [0.2, 0.25) is 5.95 Å². The van der Waals surface area contributed by atoms with Gasteiger partial charge in [-0.25, -0.2) is 9.97 Å². The second kappa shape index (κ2) is 13.7. The summed E-state index contributed by atoms with van der Waals surface area (Å²) < 4.78 is 48.7. The molecule has 2 rings (SSSR count). The molecule has 0 fully saturated rings. The van der Waals surface area contributed by atoms with E-state index in [-0.39, 0.29) is 36.5 Å². The van der Waals surface area contributed by atoms with E-state index in [1.165, 1.54) is 0 Å². The van der Waals surface area contributed by atoms with Crippen LogP contribution in [0.5, 0.6) is 11.5 Å². The lowest BCUT2D eigenvalue weighted by Crippen LogP contribution is -2.39. The SMILES string of the molecule is CCNC(=NCCNc1nccc(C(F)(F)F)n1)NCCOc1ccc(OC)cc1.I. The van der Waals surface area contributed by atoms with Crippen molar-refractivity contribution in [2.45, 2.75) is 13.1 Å². The smallest absolute Gasteiger partial charge is 0.433 e. The Bertz CT molecular complexity index is 806. The highest BCUT2D eigenvalue weighted by Gasteiger charge is 2.32. The van der Waals surface area contributed by atoms with Crippen molar-refractivity contribution in [3.05, 3.63) is 42.2 Å². The van der Waals surface area contributed by atoms with Gasteiger partial charge in [-0.3, -0.25) is 4.99 Å². The molecule has 2 aromatic rings. The number of hydrogen-bond acceptors (Lipinski definition) is 6. The van der Waals surface area contributed by atoms with Gasteiger partial charge in [0.25, 0.3) is 0 Å². The molecule has 0 saturated carbocycles. The zero-order chi connectivity index (χ0) is 21.8. The summed E-state index contributed by atoms with van der Waals surface area (Å²) in [4.78, 5) is 11.6. The molecule has 0 amide bonds. The standard InChI is InChI=1S/C19H25F3N6O2.HI/c1-3-23-17(27-12-13-30-15-6-4-14(29-2)5-7-15)25-10-11-26-18-24-9-8-16(28-18)19(20,21)22;/h4-9H,3,10-13H2,1-2H3,(H2,23,25,27)(H,24,26,28);1H. The van der Waals surface area contributed by atoms with Crippen LogP contribution in [0.2, 0.25) is 0 Å². The fraction of sp³-hybridized carbons (Fsp3) is 0.421. The predicted molar refractivity (Wildman–Crippen MR) is 123 cm³/mol. The molecule has 12 heteroatoms. The van der Waals surface area contributed by atoms with Crippen LogP contribution in [-0.4, -0.2) is 55.8 Å². The molecule has 1 aromatic carbocycles. The minimum absolute atomic E-state index is 0. The van der Waals surface area contributed by atoms with E-state index in [1.807, 2.05) is 31.2 Å². The summed E-state index contributed by atoms with van der Waals surface area (Å²) in [6, 6.07) is 8.09. The van der Waals surface area contributed by atoms with Gasteiger partial charge in [-0.05, 0) is 37.3 Å². The van der Waals surface area contributed by atoms with Crippen molar-refractivity contribution in [2.75, 3.05) is 45.2 Å². The van der Waals surface area contributed by atoms with Crippen molar-refractivity contribution in [1.82, 2.24) is 20.6 Å². The van der Waals surface area contributed by atoms with Gasteiger partial charge in [0.05, 0.1) is 20.2 Å².